The molecule has 2 amide bonds. The van der Waals surface area contributed by atoms with Crippen LogP contribution >= 0.6 is 11.3 Å². The molecule has 0 fully saturated rings. The molecule has 17 heteroatoms. The van der Waals surface area contributed by atoms with Crippen molar-refractivity contribution in [3.05, 3.63) is 93.7 Å². The molecule has 0 aliphatic carbocycles. The van der Waals surface area contributed by atoms with E-state index in [1.54, 1.807) is 4.72 Å². The van der Waals surface area contributed by atoms with Gasteiger partial charge in [0.2, 0.25) is 12.3 Å². The van der Waals surface area contributed by atoms with Crippen LogP contribution in [0.5, 0.6) is 0 Å². The summed E-state index contributed by atoms with van der Waals surface area (Å²) in [5.41, 5.74) is 2.42. The predicted molar refractivity (Wildman–Crippen MR) is 166 cm³/mol. The number of ether oxygens (including phenoxy) is 2. The van der Waals surface area contributed by atoms with Gasteiger partial charge in [0, 0.05) is 17.5 Å². The summed E-state index contributed by atoms with van der Waals surface area (Å²) in [6.07, 6.45) is -1.95. The fourth-order valence-electron chi connectivity index (χ4n) is 4.02. The number of aromatic nitrogens is 1. The summed E-state index contributed by atoms with van der Waals surface area (Å²) in [4.78, 5) is 40.6. The van der Waals surface area contributed by atoms with Gasteiger partial charge in [0.15, 0.2) is 23.3 Å². The lowest BCUT2D eigenvalue weighted by Crippen LogP contribution is -2.47. The van der Waals surface area contributed by atoms with Gasteiger partial charge in [-0.1, -0.05) is 67.1 Å². The molecule has 5 N–H and O–H groups in total. The van der Waals surface area contributed by atoms with Gasteiger partial charge in [0.1, 0.15) is 0 Å². The number of carbonyl (C=O) groups is 2. The Morgan fingerprint density at radius 1 is 1.02 bits per heavy atom. The van der Waals surface area contributed by atoms with E-state index in [1.165, 1.54) is 18.3 Å². The van der Waals surface area contributed by atoms with E-state index in [4.69, 9.17) is 9.47 Å². The number of benzene rings is 2. The van der Waals surface area contributed by atoms with Gasteiger partial charge in [0.05, 0.1) is 18.3 Å². The Hall–Kier alpha value is -4.39. The van der Waals surface area contributed by atoms with Crippen LogP contribution in [0.2, 0.25) is 0 Å². The Kier molecular flexibility index (Phi) is 12.6. The summed E-state index contributed by atoms with van der Waals surface area (Å²) >= 11 is 1.25. The van der Waals surface area contributed by atoms with Crippen LogP contribution in [0.1, 0.15) is 36.3 Å². The molecule has 0 spiro atoms. The molecule has 0 aliphatic rings. The average molecular weight is 676 g/mol. The number of hydrogen-bond acceptors (Lipinski definition) is 13. The summed E-state index contributed by atoms with van der Waals surface area (Å²) < 4.78 is 47.9. The van der Waals surface area contributed by atoms with Gasteiger partial charge in [-0.05, 0) is 25.3 Å². The highest BCUT2D eigenvalue weighted by Crippen LogP contribution is 2.25. The number of rotatable bonds is 17. The van der Waals surface area contributed by atoms with Gasteiger partial charge >= 0.3 is 22.1 Å². The number of amides is 2. The fraction of sp³-hybridized carbons (Fsp3) is 0.310. The van der Waals surface area contributed by atoms with Gasteiger partial charge in [-0.3, -0.25) is 10.1 Å². The van der Waals surface area contributed by atoms with Gasteiger partial charge in [-0.2, -0.15) is 13.1 Å². The van der Waals surface area contributed by atoms with Crippen LogP contribution < -0.4 is 25.9 Å². The minimum Gasteiger partial charge on any atom is -0.440 e. The second-order valence-corrected chi connectivity index (χ2v) is 12.1. The first kappa shape index (κ1) is 34.5. The first-order valence-electron chi connectivity index (χ1n) is 14.0. The van der Waals surface area contributed by atoms with Crippen LogP contribution in [0.15, 0.2) is 79.7 Å². The minimum atomic E-state index is -4.27. The van der Waals surface area contributed by atoms with Crippen molar-refractivity contribution in [2.24, 2.45) is 0 Å². The molecule has 0 aliphatic heterocycles. The lowest BCUT2D eigenvalue weighted by Gasteiger charge is -2.22. The zero-order chi connectivity index (χ0) is 32.9. The lowest BCUT2D eigenvalue weighted by atomic mass is 10.1. The number of nitrogens with zero attached hydrogens (tertiary/aromatic N) is 1. The number of anilines is 1. The van der Waals surface area contributed by atoms with Crippen LogP contribution in [-0.2, 0) is 37.7 Å². The first-order valence-corrected chi connectivity index (χ1v) is 16.4. The molecular weight excluding hydrogens is 642 g/mol. The third kappa shape index (κ3) is 11.2. The quantitative estimate of drug-likeness (QED) is 0.0808. The molecule has 2 aromatic carbocycles. The molecule has 0 saturated carbocycles. The van der Waals surface area contributed by atoms with E-state index in [0.29, 0.717) is 17.2 Å². The summed E-state index contributed by atoms with van der Waals surface area (Å²) in [7, 11) is -4.27. The second kappa shape index (κ2) is 16.8. The van der Waals surface area contributed by atoms with E-state index >= 15 is 0 Å². The van der Waals surface area contributed by atoms with Gasteiger partial charge in [-0.15, -0.1) is 11.3 Å². The number of unbranched alkanes of at least 4 members (excludes halogenated alkanes) is 1. The third-order valence-corrected chi connectivity index (χ3v) is 8.09. The van der Waals surface area contributed by atoms with E-state index in [0.717, 1.165) is 11.1 Å². The summed E-state index contributed by atoms with van der Waals surface area (Å²) in [5, 5.41) is 18.2. The molecule has 246 valence electrons. The zero-order valence-corrected chi connectivity index (χ0v) is 26.3. The molecule has 1 unspecified atom stereocenters. The molecule has 2 atom stereocenters. The number of aliphatic hydroxyl groups excluding tert-OH is 1. The van der Waals surface area contributed by atoms with Gasteiger partial charge in [-0.25, -0.2) is 19.3 Å². The number of hydrogen-bond donors (Lipinski definition) is 5. The number of nitrogens with one attached hydrogen (secondary N) is 4. The fourth-order valence-corrected chi connectivity index (χ4v) is 5.50. The van der Waals surface area contributed by atoms with E-state index in [1.807, 2.05) is 66.0 Å². The lowest BCUT2D eigenvalue weighted by molar-refractivity contribution is -0.142. The highest BCUT2D eigenvalue weighted by Gasteiger charge is 2.23. The van der Waals surface area contributed by atoms with Crippen molar-refractivity contribution in [2.45, 2.75) is 51.9 Å². The molecule has 0 radical (unpaired) electrons. The highest BCUT2D eigenvalue weighted by atomic mass is 32.2. The maximum atomic E-state index is 13.2. The Bertz CT molecular complexity index is 1730. The number of aryl methyl sites for hydroxylation is 1. The number of carbonyl (C=O) groups excluding carboxylic acids is 2. The summed E-state index contributed by atoms with van der Waals surface area (Å²) in [5.74, 6) is -1.40. The normalized spacial score (nSPS) is 12.7. The molecule has 0 saturated heterocycles. The Balaban J connectivity index is 1.26. The second-order valence-electron chi connectivity index (χ2n) is 9.77. The van der Waals surface area contributed by atoms with Crippen LogP contribution in [-0.4, -0.2) is 49.5 Å². The molecule has 2 aromatic heterocycles. The third-order valence-electron chi connectivity index (χ3n) is 6.31. The smallest absolute Gasteiger partial charge is 0.440 e. The zero-order valence-electron chi connectivity index (χ0n) is 24.6. The van der Waals surface area contributed by atoms with Crippen molar-refractivity contribution < 1.29 is 41.4 Å². The predicted octanol–water partition coefficient (Wildman–Crippen LogP) is 2.99. The highest BCUT2D eigenvalue weighted by molar-refractivity contribution is 7.88. The van der Waals surface area contributed by atoms with Crippen molar-refractivity contribution in [1.82, 2.24) is 19.7 Å². The molecule has 4 rings (SSSR count). The first-order chi connectivity index (χ1) is 22.1. The minimum absolute atomic E-state index is 0.0558. The van der Waals surface area contributed by atoms with Crippen LogP contribution in [0.4, 0.5) is 9.93 Å². The standard InChI is InChI=1S/C29H33N5O10S2/c1-19-24(44-29(38)43-19)17-42-28(37)34-46(39,40)30-15-9-8-14-22(32-27(36)41-16-20-10-4-2-5-11-20)25(35)33-26-31-23(18-45-26)21-12-6-3-7-13-21/h2-7,10-13,18,22,27,30,32,36H,8-9,14-17H2,1H3,(H,34,37)(H,31,33,35)/t22-,27?/m0/s1. The van der Waals surface area contributed by atoms with Crippen molar-refractivity contribution in [3.8, 4) is 11.3 Å². The molecule has 2 heterocycles. The molecular formula is C29H33N5O10S2. The van der Waals surface area contributed by atoms with Gasteiger partial charge < -0.3 is 28.7 Å². The average Bonchev–Trinajstić information content (AvgIpc) is 3.63. The Morgan fingerprint density at radius 2 is 1.74 bits per heavy atom. The number of thiazole rings is 1. The van der Waals surface area contributed by atoms with Crippen molar-refractivity contribution in [3.63, 3.8) is 0 Å². The molecule has 0 bridgehead atoms. The maximum absolute atomic E-state index is 13.2. The maximum Gasteiger partial charge on any atom is 0.519 e. The summed E-state index contributed by atoms with van der Waals surface area (Å²) in [6, 6.07) is 17.7. The van der Waals surface area contributed by atoms with Crippen LogP contribution in [0.3, 0.4) is 0 Å². The van der Waals surface area contributed by atoms with Crippen LogP contribution in [0, 0.1) is 6.92 Å². The Labute approximate surface area is 268 Å². The monoisotopic (exact) mass is 675 g/mol. The van der Waals surface area contributed by atoms with Gasteiger partial charge in [0.25, 0.3) is 0 Å². The van der Waals surface area contributed by atoms with Crippen LogP contribution in [0.25, 0.3) is 11.3 Å². The van der Waals surface area contributed by atoms with E-state index in [9.17, 15) is 27.9 Å². The molecule has 15 nitrogen and oxygen atoms in total. The SMILES string of the molecule is Cc1oc(=O)oc1COC(=O)NS(=O)(=O)NCCCC[C@H](NC(O)OCc1ccccc1)C(=O)Nc1nc(-c2ccccc2)cs1. The number of aliphatic hydroxyl groups is 1. The van der Waals surface area contributed by atoms with E-state index in [-0.39, 0.29) is 37.5 Å². The van der Waals surface area contributed by atoms with Crippen molar-refractivity contribution in [1.29, 1.82) is 0 Å². The Morgan fingerprint density at radius 3 is 2.43 bits per heavy atom. The van der Waals surface area contributed by atoms with E-state index in [2.05, 4.69) is 29.2 Å². The molecule has 46 heavy (non-hydrogen) atoms. The van der Waals surface area contributed by atoms with Crippen molar-refractivity contribution in [2.75, 3.05) is 11.9 Å². The topological polar surface area (TPSA) is 211 Å². The summed E-state index contributed by atoms with van der Waals surface area (Å²) in [6.45, 7) is 0.934. The molecule has 4 aromatic rings. The largest absolute Gasteiger partial charge is 0.519 e. The van der Waals surface area contributed by atoms with E-state index < -0.39 is 47.1 Å². The van der Waals surface area contributed by atoms with Crippen molar-refractivity contribution >= 4 is 38.7 Å².